The highest BCUT2D eigenvalue weighted by molar-refractivity contribution is 7.80. The molecular formula is C13H20N2O2S. The lowest BCUT2D eigenvalue weighted by atomic mass is 10.1. The molecule has 0 unspecified atom stereocenters. The molecule has 0 atom stereocenters. The number of hydrogen-bond acceptors (Lipinski definition) is 3. The maximum atomic E-state index is 5.28. The summed E-state index contributed by atoms with van der Waals surface area (Å²) in [5.74, 6) is 1.51. The fourth-order valence-corrected chi connectivity index (χ4v) is 1.72. The predicted molar refractivity (Wildman–Crippen MR) is 77.5 cm³/mol. The fraction of sp³-hybridized carbons (Fsp3) is 0.462. The molecule has 4 nitrogen and oxygen atoms in total. The van der Waals surface area contributed by atoms with E-state index in [1.165, 1.54) is 5.56 Å². The highest BCUT2D eigenvalue weighted by atomic mass is 32.1. The van der Waals surface area contributed by atoms with Crippen LogP contribution in [0.4, 0.5) is 0 Å². The van der Waals surface area contributed by atoms with Gasteiger partial charge in [0.05, 0.1) is 14.2 Å². The van der Waals surface area contributed by atoms with Gasteiger partial charge in [0.2, 0.25) is 0 Å². The summed E-state index contributed by atoms with van der Waals surface area (Å²) in [7, 11) is 7.08. The van der Waals surface area contributed by atoms with Crippen LogP contribution in [0.3, 0.4) is 0 Å². The Labute approximate surface area is 114 Å². The lowest BCUT2D eigenvalue weighted by Gasteiger charge is -2.19. The fourth-order valence-electron chi connectivity index (χ4n) is 1.63. The third-order valence-corrected chi connectivity index (χ3v) is 3.26. The number of thiocarbonyl (C=S) groups is 1. The molecule has 0 amide bonds. The first-order chi connectivity index (χ1) is 8.62. The largest absolute Gasteiger partial charge is 0.493 e. The molecule has 0 bridgehead atoms. The number of benzene rings is 1. The van der Waals surface area contributed by atoms with Gasteiger partial charge in [0.25, 0.3) is 0 Å². The zero-order valence-electron chi connectivity index (χ0n) is 11.3. The standard InChI is InChI=1S/C13H20N2O2S/c1-14-13(18)15(2)8-7-10-5-6-11(16-3)12(9-10)17-4/h5-6,9H,7-8H2,1-4H3,(H,14,18). The lowest BCUT2D eigenvalue weighted by molar-refractivity contribution is 0.354. The topological polar surface area (TPSA) is 33.7 Å². The van der Waals surface area contributed by atoms with Crippen molar-refractivity contribution in [3.8, 4) is 11.5 Å². The Bertz CT molecular complexity index is 410. The van der Waals surface area contributed by atoms with Gasteiger partial charge in [-0.05, 0) is 36.3 Å². The first kappa shape index (κ1) is 14.6. The average Bonchev–Trinajstić information content (AvgIpc) is 2.43. The second-order valence-corrected chi connectivity index (χ2v) is 4.30. The zero-order chi connectivity index (χ0) is 13.5. The molecule has 100 valence electrons. The molecule has 0 aliphatic carbocycles. The van der Waals surface area contributed by atoms with Crippen LogP contribution >= 0.6 is 12.2 Å². The molecule has 1 aromatic carbocycles. The molecule has 0 radical (unpaired) electrons. The first-order valence-electron chi connectivity index (χ1n) is 5.76. The van der Waals surface area contributed by atoms with E-state index in [0.29, 0.717) is 0 Å². The lowest BCUT2D eigenvalue weighted by Crippen LogP contribution is -2.35. The predicted octanol–water partition coefficient (Wildman–Crippen LogP) is 1.68. The third-order valence-electron chi connectivity index (χ3n) is 2.74. The van der Waals surface area contributed by atoms with E-state index in [0.717, 1.165) is 29.6 Å². The van der Waals surface area contributed by atoms with Crippen LogP contribution in [0.2, 0.25) is 0 Å². The molecule has 1 N–H and O–H groups in total. The third kappa shape index (κ3) is 3.77. The SMILES string of the molecule is CNC(=S)N(C)CCc1ccc(OC)c(OC)c1. The van der Waals surface area contributed by atoms with Crippen molar-refractivity contribution in [1.82, 2.24) is 10.2 Å². The van der Waals surface area contributed by atoms with E-state index in [2.05, 4.69) is 5.32 Å². The maximum Gasteiger partial charge on any atom is 0.168 e. The van der Waals surface area contributed by atoms with Gasteiger partial charge in [-0.1, -0.05) is 6.07 Å². The summed E-state index contributed by atoms with van der Waals surface area (Å²) >= 11 is 5.15. The molecule has 0 saturated heterocycles. The van der Waals surface area contributed by atoms with E-state index in [1.807, 2.05) is 37.2 Å². The van der Waals surface area contributed by atoms with Crippen LogP contribution in [0.1, 0.15) is 5.56 Å². The molecule has 0 aliphatic rings. The van der Waals surface area contributed by atoms with E-state index in [1.54, 1.807) is 14.2 Å². The van der Waals surface area contributed by atoms with Crippen molar-refractivity contribution < 1.29 is 9.47 Å². The average molecular weight is 268 g/mol. The van der Waals surface area contributed by atoms with Gasteiger partial charge in [0.1, 0.15) is 0 Å². The molecule has 1 rings (SSSR count). The number of ether oxygens (including phenoxy) is 2. The summed E-state index contributed by atoms with van der Waals surface area (Å²) in [6.07, 6.45) is 0.901. The minimum Gasteiger partial charge on any atom is -0.493 e. The van der Waals surface area contributed by atoms with E-state index >= 15 is 0 Å². The number of likely N-dealkylation sites (N-methyl/N-ethyl adjacent to an activating group) is 1. The van der Waals surface area contributed by atoms with Crippen LogP contribution in [0.25, 0.3) is 0 Å². The van der Waals surface area contributed by atoms with Crippen molar-refractivity contribution in [2.45, 2.75) is 6.42 Å². The van der Waals surface area contributed by atoms with Crippen molar-refractivity contribution in [2.24, 2.45) is 0 Å². The van der Waals surface area contributed by atoms with Crippen LogP contribution in [0, 0.1) is 0 Å². The smallest absolute Gasteiger partial charge is 0.168 e. The normalized spacial score (nSPS) is 9.78. The summed E-state index contributed by atoms with van der Waals surface area (Å²) in [5, 5.41) is 3.70. The molecule has 0 aliphatic heterocycles. The van der Waals surface area contributed by atoms with Crippen molar-refractivity contribution in [1.29, 1.82) is 0 Å². The second-order valence-electron chi connectivity index (χ2n) is 3.92. The van der Waals surface area contributed by atoms with E-state index in [9.17, 15) is 0 Å². The van der Waals surface area contributed by atoms with Crippen LogP contribution < -0.4 is 14.8 Å². The summed E-state index contributed by atoms with van der Waals surface area (Å²) < 4.78 is 10.5. The van der Waals surface area contributed by atoms with Gasteiger partial charge in [-0.3, -0.25) is 0 Å². The Kier molecular flexibility index (Phi) is 5.71. The molecule has 0 fully saturated rings. The van der Waals surface area contributed by atoms with Crippen LogP contribution in [0.5, 0.6) is 11.5 Å². The van der Waals surface area contributed by atoms with Gasteiger partial charge < -0.3 is 19.7 Å². The van der Waals surface area contributed by atoms with Gasteiger partial charge in [-0.2, -0.15) is 0 Å². The van der Waals surface area contributed by atoms with E-state index < -0.39 is 0 Å². The molecule has 1 aromatic rings. The minimum atomic E-state index is 0.746. The molecule has 0 spiro atoms. The molecule has 5 heteroatoms. The highest BCUT2D eigenvalue weighted by Crippen LogP contribution is 2.27. The zero-order valence-corrected chi connectivity index (χ0v) is 12.1. The van der Waals surface area contributed by atoms with Crippen molar-refractivity contribution >= 4 is 17.3 Å². The number of rotatable bonds is 5. The minimum absolute atomic E-state index is 0.746. The molecule has 0 saturated carbocycles. The van der Waals surface area contributed by atoms with Crippen molar-refractivity contribution in [3.05, 3.63) is 23.8 Å². The van der Waals surface area contributed by atoms with Crippen molar-refractivity contribution in [2.75, 3.05) is 34.9 Å². The Hall–Kier alpha value is -1.49. The Morgan fingerprint density at radius 1 is 1.28 bits per heavy atom. The van der Waals surface area contributed by atoms with Gasteiger partial charge in [0, 0.05) is 20.6 Å². The second kappa shape index (κ2) is 7.06. The highest BCUT2D eigenvalue weighted by Gasteiger charge is 2.06. The van der Waals surface area contributed by atoms with Crippen molar-refractivity contribution in [3.63, 3.8) is 0 Å². The van der Waals surface area contributed by atoms with Gasteiger partial charge >= 0.3 is 0 Å². The Morgan fingerprint density at radius 2 is 1.94 bits per heavy atom. The summed E-state index contributed by atoms with van der Waals surface area (Å²) in [6.45, 7) is 0.856. The summed E-state index contributed by atoms with van der Waals surface area (Å²) in [4.78, 5) is 2.01. The Balaban J connectivity index is 2.65. The monoisotopic (exact) mass is 268 g/mol. The van der Waals surface area contributed by atoms with Crippen LogP contribution in [0.15, 0.2) is 18.2 Å². The summed E-state index contributed by atoms with van der Waals surface area (Å²) in [5.41, 5.74) is 1.19. The number of methoxy groups -OCH3 is 2. The summed E-state index contributed by atoms with van der Waals surface area (Å²) in [6, 6.07) is 5.96. The quantitative estimate of drug-likeness (QED) is 0.822. The first-order valence-corrected chi connectivity index (χ1v) is 6.17. The van der Waals surface area contributed by atoms with Crippen LogP contribution in [-0.4, -0.2) is 44.9 Å². The number of nitrogens with zero attached hydrogens (tertiary/aromatic N) is 1. The number of hydrogen-bond donors (Lipinski definition) is 1. The van der Waals surface area contributed by atoms with Gasteiger partial charge in [0.15, 0.2) is 16.6 Å². The number of nitrogens with one attached hydrogen (secondary N) is 1. The van der Waals surface area contributed by atoms with E-state index in [4.69, 9.17) is 21.7 Å². The van der Waals surface area contributed by atoms with Gasteiger partial charge in [-0.25, -0.2) is 0 Å². The van der Waals surface area contributed by atoms with Crippen LogP contribution in [-0.2, 0) is 6.42 Å². The molecular weight excluding hydrogens is 248 g/mol. The molecule has 18 heavy (non-hydrogen) atoms. The molecule has 0 aromatic heterocycles. The van der Waals surface area contributed by atoms with E-state index in [-0.39, 0.29) is 0 Å². The molecule has 0 heterocycles. The maximum absolute atomic E-state index is 5.28. The Morgan fingerprint density at radius 3 is 2.50 bits per heavy atom. The van der Waals surface area contributed by atoms with Gasteiger partial charge in [-0.15, -0.1) is 0 Å².